The van der Waals surface area contributed by atoms with Gasteiger partial charge in [0.05, 0.1) is 24.0 Å². The van der Waals surface area contributed by atoms with Crippen LogP contribution < -0.4 is 14.9 Å². The first-order chi connectivity index (χ1) is 18.5. The number of phenolic OH excluding ortho intramolecular Hbond substituents is 1. The van der Waals surface area contributed by atoms with E-state index in [-0.39, 0.29) is 29.5 Å². The first-order valence-corrected chi connectivity index (χ1v) is 13.4. The van der Waals surface area contributed by atoms with Crippen molar-refractivity contribution < 1.29 is 23.8 Å². The van der Waals surface area contributed by atoms with Crippen molar-refractivity contribution >= 4 is 16.9 Å². The van der Waals surface area contributed by atoms with E-state index in [0.717, 1.165) is 17.7 Å². The highest BCUT2D eigenvalue weighted by Gasteiger charge is 2.32. The van der Waals surface area contributed by atoms with Crippen molar-refractivity contribution in [2.75, 3.05) is 6.61 Å². The van der Waals surface area contributed by atoms with Crippen LogP contribution in [-0.2, 0) is 4.79 Å². The van der Waals surface area contributed by atoms with E-state index in [4.69, 9.17) is 13.9 Å². The minimum atomic E-state index is -0.326. The Morgan fingerprint density at radius 3 is 2.39 bits per heavy atom. The fraction of sp³-hybridized carbons (Fsp3) is 0.312. The Morgan fingerprint density at radius 1 is 0.895 bits per heavy atom. The van der Waals surface area contributed by atoms with Gasteiger partial charge >= 0.3 is 5.97 Å². The number of carbonyl (C=O) groups is 1. The van der Waals surface area contributed by atoms with Crippen molar-refractivity contribution in [3.63, 3.8) is 0 Å². The van der Waals surface area contributed by atoms with Crippen LogP contribution in [0.4, 0.5) is 0 Å². The van der Waals surface area contributed by atoms with Crippen molar-refractivity contribution in [2.24, 2.45) is 0 Å². The summed E-state index contributed by atoms with van der Waals surface area (Å²) in [5.74, 6) is 0.682. The normalized spacial score (nSPS) is 14.8. The van der Waals surface area contributed by atoms with Crippen LogP contribution in [0.3, 0.4) is 0 Å². The van der Waals surface area contributed by atoms with Crippen LogP contribution >= 0.6 is 0 Å². The molecule has 0 unspecified atom stereocenters. The summed E-state index contributed by atoms with van der Waals surface area (Å²) in [6.45, 7) is 2.90. The van der Waals surface area contributed by atoms with E-state index < -0.39 is 0 Å². The van der Waals surface area contributed by atoms with Crippen molar-refractivity contribution in [2.45, 2.75) is 57.8 Å². The van der Waals surface area contributed by atoms with Gasteiger partial charge in [0.2, 0.25) is 5.43 Å². The van der Waals surface area contributed by atoms with Gasteiger partial charge in [0.15, 0.2) is 0 Å². The zero-order valence-corrected chi connectivity index (χ0v) is 21.6. The Labute approximate surface area is 221 Å². The molecular weight excluding hydrogens is 480 g/mol. The number of fused-ring (bicyclic) bond motifs is 3. The quantitative estimate of drug-likeness (QED) is 0.136. The average molecular weight is 513 g/mol. The molecule has 38 heavy (non-hydrogen) atoms. The maximum Gasteiger partial charge on any atom is 0.312 e. The topological polar surface area (TPSA) is 86.0 Å². The number of hydrogen-bond donors (Lipinski definition) is 1. The third kappa shape index (κ3) is 5.44. The van der Waals surface area contributed by atoms with E-state index in [0.29, 0.717) is 40.0 Å². The molecule has 3 aromatic carbocycles. The molecule has 0 radical (unpaired) electrons. The van der Waals surface area contributed by atoms with Crippen molar-refractivity contribution in [3.05, 3.63) is 88.3 Å². The minimum Gasteiger partial charge on any atom is -0.508 e. The van der Waals surface area contributed by atoms with Gasteiger partial charge < -0.3 is 19.0 Å². The molecule has 0 aliphatic carbocycles. The molecule has 4 aromatic rings. The summed E-state index contributed by atoms with van der Waals surface area (Å²) in [4.78, 5) is 25.9. The molecule has 1 N–H and O–H groups in total. The molecule has 1 aliphatic heterocycles. The molecule has 6 heteroatoms. The second-order valence-electron chi connectivity index (χ2n) is 9.80. The number of rotatable bonds is 10. The molecule has 0 amide bonds. The minimum absolute atomic E-state index is 0.122. The molecule has 1 aromatic heterocycles. The van der Waals surface area contributed by atoms with Gasteiger partial charge in [-0.05, 0) is 53.9 Å². The molecule has 2 heterocycles. The van der Waals surface area contributed by atoms with Gasteiger partial charge in [-0.1, -0.05) is 63.3 Å². The summed E-state index contributed by atoms with van der Waals surface area (Å²) in [5, 5.41) is 10.0. The lowest BCUT2D eigenvalue weighted by atomic mass is 9.85. The third-order valence-electron chi connectivity index (χ3n) is 7.11. The molecule has 6 nitrogen and oxygen atoms in total. The van der Waals surface area contributed by atoms with Crippen LogP contribution in [-0.4, -0.2) is 17.7 Å². The first-order valence-electron chi connectivity index (χ1n) is 13.4. The third-order valence-corrected chi connectivity index (χ3v) is 7.11. The maximum absolute atomic E-state index is 13.4. The van der Waals surface area contributed by atoms with Gasteiger partial charge in [-0.25, -0.2) is 0 Å². The molecule has 0 fully saturated rings. The van der Waals surface area contributed by atoms with Crippen LogP contribution in [0.15, 0.2) is 76.1 Å². The Kier molecular flexibility index (Phi) is 7.78. The number of ether oxygens (including phenoxy) is 2. The zero-order valence-electron chi connectivity index (χ0n) is 21.6. The molecular formula is C32H32O6. The maximum atomic E-state index is 13.4. The van der Waals surface area contributed by atoms with Gasteiger partial charge in [-0.2, -0.15) is 0 Å². The van der Waals surface area contributed by atoms with Gasteiger partial charge in [0.25, 0.3) is 0 Å². The predicted molar refractivity (Wildman–Crippen MR) is 147 cm³/mol. The van der Waals surface area contributed by atoms with Gasteiger partial charge in [0.1, 0.15) is 29.1 Å². The standard InChI is InChI=1S/C32H32O6/c1-2-3-4-5-6-7-18-36-24-14-10-21(11-15-24)26-19-29(34)38-28-17-16-25-31(35)27(20-37-32(25)30(26)28)22-8-12-23(33)13-9-22/h8-17,20,26,33H,2-7,18-19H2,1H3/t26-/m1/s1. The van der Waals surface area contributed by atoms with E-state index >= 15 is 0 Å². The van der Waals surface area contributed by atoms with Crippen molar-refractivity contribution in [1.29, 1.82) is 0 Å². The largest absolute Gasteiger partial charge is 0.508 e. The van der Waals surface area contributed by atoms with Crippen LogP contribution in [0.2, 0.25) is 0 Å². The van der Waals surface area contributed by atoms with E-state index in [2.05, 4.69) is 6.92 Å². The summed E-state index contributed by atoms with van der Waals surface area (Å²) in [6, 6.07) is 17.5. The molecule has 0 saturated heterocycles. The fourth-order valence-electron chi connectivity index (χ4n) is 5.05. The molecule has 0 saturated carbocycles. The zero-order chi connectivity index (χ0) is 26.5. The number of carbonyl (C=O) groups excluding carboxylic acids is 1. The number of aromatic hydroxyl groups is 1. The van der Waals surface area contributed by atoms with Crippen molar-refractivity contribution in [3.8, 4) is 28.4 Å². The number of hydrogen-bond acceptors (Lipinski definition) is 6. The highest BCUT2D eigenvalue weighted by atomic mass is 16.5. The van der Waals surface area contributed by atoms with Gasteiger partial charge in [-0.15, -0.1) is 0 Å². The molecule has 5 rings (SSSR count). The molecule has 196 valence electrons. The fourth-order valence-corrected chi connectivity index (χ4v) is 5.05. The van der Waals surface area contributed by atoms with Crippen LogP contribution in [0.1, 0.15) is 68.9 Å². The van der Waals surface area contributed by atoms with Crippen LogP contribution in [0.5, 0.6) is 17.2 Å². The molecule has 0 spiro atoms. The molecule has 1 aliphatic rings. The number of unbranched alkanes of at least 4 members (excludes halogenated alkanes) is 5. The summed E-state index contributed by atoms with van der Waals surface area (Å²) < 4.78 is 17.5. The Bertz CT molecular complexity index is 1470. The SMILES string of the molecule is CCCCCCCCOc1ccc([C@H]2CC(=O)Oc3ccc4c(=O)c(-c5ccc(O)cc5)coc4c32)cc1. The van der Waals surface area contributed by atoms with Gasteiger partial charge in [-0.3, -0.25) is 9.59 Å². The summed E-state index contributed by atoms with van der Waals surface area (Å²) in [7, 11) is 0. The summed E-state index contributed by atoms with van der Waals surface area (Å²) >= 11 is 0. The monoisotopic (exact) mass is 512 g/mol. The number of benzene rings is 3. The molecule has 1 atom stereocenters. The van der Waals surface area contributed by atoms with E-state index in [9.17, 15) is 14.7 Å². The van der Waals surface area contributed by atoms with Crippen molar-refractivity contribution in [1.82, 2.24) is 0 Å². The lowest BCUT2D eigenvalue weighted by Crippen LogP contribution is -2.22. The first kappa shape index (κ1) is 25.6. The Hall–Kier alpha value is -4.06. The lowest BCUT2D eigenvalue weighted by molar-refractivity contribution is -0.135. The Morgan fingerprint density at radius 2 is 1.63 bits per heavy atom. The average Bonchev–Trinajstić information content (AvgIpc) is 2.93. The number of phenols is 1. The second-order valence-corrected chi connectivity index (χ2v) is 9.80. The number of esters is 1. The second kappa shape index (κ2) is 11.5. The Balaban J connectivity index is 1.40. The smallest absolute Gasteiger partial charge is 0.312 e. The van der Waals surface area contributed by atoms with E-state index in [1.807, 2.05) is 24.3 Å². The van der Waals surface area contributed by atoms with Crippen LogP contribution in [0, 0.1) is 0 Å². The van der Waals surface area contributed by atoms with Gasteiger partial charge in [0, 0.05) is 11.5 Å². The van der Waals surface area contributed by atoms with Crippen LogP contribution in [0.25, 0.3) is 22.1 Å². The highest BCUT2D eigenvalue weighted by Crippen LogP contribution is 2.43. The molecule has 0 bridgehead atoms. The highest BCUT2D eigenvalue weighted by molar-refractivity contribution is 5.90. The summed E-state index contributed by atoms with van der Waals surface area (Å²) in [6.07, 6.45) is 8.85. The predicted octanol–water partition coefficient (Wildman–Crippen LogP) is 7.35. The summed E-state index contributed by atoms with van der Waals surface area (Å²) in [5.41, 5.74) is 2.89. The van der Waals surface area contributed by atoms with E-state index in [1.165, 1.54) is 50.5 Å². The lowest BCUT2D eigenvalue weighted by Gasteiger charge is -2.25. The van der Waals surface area contributed by atoms with E-state index in [1.54, 1.807) is 24.3 Å².